The van der Waals surface area contributed by atoms with Crippen molar-refractivity contribution < 1.29 is 5.11 Å². The van der Waals surface area contributed by atoms with Crippen molar-refractivity contribution in [3.63, 3.8) is 0 Å². The summed E-state index contributed by atoms with van der Waals surface area (Å²) in [6, 6.07) is 0. The third kappa shape index (κ3) is 2.55. The maximum atomic E-state index is 10.7. The predicted molar refractivity (Wildman–Crippen MR) is 63.7 cm³/mol. The minimum atomic E-state index is -0.318. The summed E-state index contributed by atoms with van der Waals surface area (Å²) < 4.78 is 0. The van der Waals surface area contributed by atoms with Gasteiger partial charge in [0, 0.05) is 0 Å². The van der Waals surface area contributed by atoms with Gasteiger partial charge in [-0.15, -0.1) is 0 Å². The van der Waals surface area contributed by atoms with Crippen molar-refractivity contribution in [2.24, 2.45) is 17.8 Å². The molecule has 0 bridgehead atoms. The predicted octanol–water partition coefficient (Wildman–Crippen LogP) is 3.75. The smallest absolute Gasteiger partial charge is 0.0675 e. The Morgan fingerprint density at radius 1 is 1.27 bits per heavy atom. The third-order valence-corrected chi connectivity index (χ3v) is 4.73. The molecular weight excluding hydrogens is 184 g/mol. The highest BCUT2D eigenvalue weighted by molar-refractivity contribution is 4.94. The van der Waals surface area contributed by atoms with E-state index in [0.717, 1.165) is 24.7 Å². The van der Waals surface area contributed by atoms with Gasteiger partial charge in [0.05, 0.1) is 5.60 Å². The van der Waals surface area contributed by atoms with Crippen molar-refractivity contribution in [2.75, 3.05) is 0 Å². The van der Waals surface area contributed by atoms with E-state index in [-0.39, 0.29) is 5.60 Å². The van der Waals surface area contributed by atoms with Crippen LogP contribution in [0, 0.1) is 17.8 Å². The second-order valence-electron chi connectivity index (χ2n) is 5.99. The third-order valence-electron chi connectivity index (χ3n) is 4.73. The minimum absolute atomic E-state index is 0.318. The first-order valence-electron chi connectivity index (χ1n) is 6.88. The molecule has 2 aliphatic rings. The van der Waals surface area contributed by atoms with Gasteiger partial charge in [-0.25, -0.2) is 0 Å². The van der Waals surface area contributed by atoms with Crippen molar-refractivity contribution in [1.29, 1.82) is 0 Å². The Hall–Kier alpha value is -0.0400. The lowest BCUT2D eigenvalue weighted by Crippen LogP contribution is -2.41. The minimum Gasteiger partial charge on any atom is -0.390 e. The molecule has 2 aliphatic carbocycles. The van der Waals surface area contributed by atoms with Crippen LogP contribution in [0.4, 0.5) is 0 Å². The molecule has 2 fully saturated rings. The average molecular weight is 210 g/mol. The SMILES string of the molecule is CCCC(C)C1(O)CCCC(C2CC2)C1. The van der Waals surface area contributed by atoms with Gasteiger partial charge in [0.15, 0.2) is 0 Å². The van der Waals surface area contributed by atoms with Crippen LogP contribution >= 0.6 is 0 Å². The molecule has 2 saturated carbocycles. The number of hydrogen-bond acceptors (Lipinski definition) is 1. The van der Waals surface area contributed by atoms with Gasteiger partial charge in [-0.1, -0.05) is 26.7 Å². The summed E-state index contributed by atoms with van der Waals surface area (Å²) in [5.74, 6) is 2.33. The fraction of sp³-hybridized carbons (Fsp3) is 1.00. The van der Waals surface area contributed by atoms with Crippen molar-refractivity contribution in [3.05, 3.63) is 0 Å². The molecule has 1 N–H and O–H groups in total. The van der Waals surface area contributed by atoms with Crippen molar-refractivity contribution >= 4 is 0 Å². The molecule has 0 saturated heterocycles. The molecule has 3 unspecified atom stereocenters. The zero-order valence-electron chi connectivity index (χ0n) is 10.3. The zero-order chi connectivity index (χ0) is 10.9. The molecule has 0 aromatic heterocycles. The molecule has 0 aliphatic heterocycles. The van der Waals surface area contributed by atoms with E-state index in [1.807, 2.05) is 0 Å². The van der Waals surface area contributed by atoms with Gasteiger partial charge in [0.25, 0.3) is 0 Å². The summed E-state index contributed by atoms with van der Waals surface area (Å²) in [5.41, 5.74) is -0.318. The number of rotatable bonds is 4. The summed E-state index contributed by atoms with van der Waals surface area (Å²) in [4.78, 5) is 0. The van der Waals surface area contributed by atoms with Crippen molar-refractivity contribution in [2.45, 2.75) is 70.8 Å². The fourth-order valence-corrected chi connectivity index (χ4v) is 3.45. The van der Waals surface area contributed by atoms with Gasteiger partial charge in [-0.05, 0) is 56.3 Å². The summed E-state index contributed by atoms with van der Waals surface area (Å²) in [6.07, 6.45) is 10.0. The summed E-state index contributed by atoms with van der Waals surface area (Å²) in [6.45, 7) is 4.47. The van der Waals surface area contributed by atoms with E-state index in [1.165, 1.54) is 38.5 Å². The van der Waals surface area contributed by atoms with Crippen LogP contribution in [-0.2, 0) is 0 Å². The first kappa shape index (κ1) is 11.4. The van der Waals surface area contributed by atoms with Crippen LogP contribution in [0.25, 0.3) is 0 Å². The summed E-state index contributed by atoms with van der Waals surface area (Å²) in [5, 5.41) is 10.7. The Morgan fingerprint density at radius 2 is 2.00 bits per heavy atom. The molecule has 3 atom stereocenters. The molecule has 2 rings (SSSR count). The lowest BCUT2D eigenvalue weighted by Gasteiger charge is -2.41. The Bertz CT molecular complexity index is 209. The molecule has 1 nitrogen and oxygen atoms in total. The van der Waals surface area contributed by atoms with Gasteiger partial charge in [0.1, 0.15) is 0 Å². The normalized spacial score (nSPS) is 39.0. The van der Waals surface area contributed by atoms with Gasteiger partial charge in [0.2, 0.25) is 0 Å². The van der Waals surface area contributed by atoms with Crippen LogP contribution in [0.5, 0.6) is 0 Å². The first-order chi connectivity index (χ1) is 7.15. The first-order valence-corrected chi connectivity index (χ1v) is 6.88. The van der Waals surface area contributed by atoms with Crippen LogP contribution in [0.3, 0.4) is 0 Å². The Labute approximate surface area is 94.3 Å². The Balaban J connectivity index is 1.93. The van der Waals surface area contributed by atoms with Crippen LogP contribution in [0.2, 0.25) is 0 Å². The monoisotopic (exact) mass is 210 g/mol. The van der Waals surface area contributed by atoms with Gasteiger partial charge < -0.3 is 5.11 Å². The lowest BCUT2D eigenvalue weighted by atomic mass is 9.69. The topological polar surface area (TPSA) is 20.2 Å². The second kappa shape index (κ2) is 4.45. The van der Waals surface area contributed by atoms with E-state index < -0.39 is 0 Å². The van der Waals surface area contributed by atoms with E-state index in [2.05, 4.69) is 13.8 Å². The maximum Gasteiger partial charge on any atom is 0.0675 e. The quantitative estimate of drug-likeness (QED) is 0.749. The molecule has 0 heterocycles. The molecule has 15 heavy (non-hydrogen) atoms. The highest BCUT2D eigenvalue weighted by atomic mass is 16.3. The van der Waals surface area contributed by atoms with E-state index in [9.17, 15) is 5.11 Å². The average Bonchev–Trinajstić information content (AvgIpc) is 3.01. The van der Waals surface area contributed by atoms with Crippen molar-refractivity contribution in [1.82, 2.24) is 0 Å². The van der Waals surface area contributed by atoms with Crippen molar-refractivity contribution in [3.8, 4) is 0 Å². The fourth-order valence-electron chi connectivity index (χ4n) is 3.45. The molecule has 0 aromatic carbocycles. The number of hydrogen-bond donors (Lipinski definition) is 1. The van der Waals surface area contributed by atoms with Crippen LogP contribution in [-0.4, -0.2) is 10.7 Å². The molecule has 88 valence electrons. The van der Waals surface area contributed by atoms with Gasteiger partial charge in [-0.3, -0.25) is 0 Å². The summed E-state index contributed by atoms with van der Waals surface area (Å²) in [7, 11) is 0. The van der Waals surface area contributed by atoms with Gasteiger partial charge >= 0.3 is 0 Å². The molecule has 0 aromatic rings. The molecule has 1 heteroatoms. The molecular formula is C14H26O. The largest absolute Gasteiger partial charge is 0.390 e. The molecule has 0 radical (unpaired) electrons. The van der Waals surface area contributed by atoms with Gasteiger partial charge in [-0.2, -0.15) is 0 Å². The van der Waals surface area contributed by atoms with E-state index in [1.54, 1.807) is 0 Å². The Kier molecular flexibility index (Phi) is 3.39. The molecule has 0 amide bonds. The zero-order valence-corrected chi connectivity index (χ0v) is 10.3. The van der Waals surface area contributed by atoms with E-state index in [0.29, 0.717) is 5.92 Å². The maximum absolute atomic E-state index is 10.7. The molecule has 0 spiro atoms. The van der Waals surface area contributed by atoms with E-state index >= 15 is 0 Å². The van der Waals surface area contributed by atoms with Crippen LogP contribution in [0.15, 0.2) is 0 Å². The number of aliphatic hydroxyl groups is 1. The Morgan fingerprint density at radius 3 is 2.60 bits per heavy atom. The standard InChI is InChI=1S/C14H26O/c1-3-5-11(2)14(15)9-4-6-13(10-14)12-7-8-12/h11-13,15H,3-10H2,1-2H3. The van der Waals surface area contributed by atoms with E-state index in [4.69, 9.17) is 0 Å². The summed E-state index contributed by atoms with van der Waals surface area (Å²) >= 11 is 0. The second-order valence-corrected chi connectivity index (χ2v) is 5.99. The van der Waals surface area contributed by atoms with Crippen LogP contribution < -0.4 is 0 Å². The highest BCUT2D eigenvalue weighted by Crippen LogP contribution is 2.48. The lowest BCUT2D eigenvalue weighted by molar-refractivity contribution is -0.0652. The van der Waals surface area contributed by atoms with Crippen LogP contribution in [0.1, 0.15) is 65.2 Å². The highest BCUT2D eigenvalue weighted by Gasteiger charge is 2.43.